The molecule has 0 heterocycles. The highest BCUT2D eigenvalue weighted by atomic mass is 32.5. The lowest BCUT2D eigenvalue weighted by molar-refractivity contribution is -0.958. The van der Waals surface area contributed by atoms with Crippen LogP contribution >= 0.6 is 13.0 Å². The highest BCUT2D eigenvalue weighted by molar-refractivity contribution is 8.10. The first kappa shape index (κ1) is 22.1. The van der Waals surface area contributed by atoms with E-state index < -0.39 is 13.0 Å². The third-order valence-corrected chi connectivity index (χ3v) is 16.1. The van der Waals surface area contributed by atoms with Gasteiger partial charge in [-0.1, -0.05) is 0 Å². The molecule has 10 heteroatoms. The molecule has 0 spiro atoms. The fraction of sp³-hybridized carbons (Fsp3) is 1.00. The van der Waals surface area contributed by atoms with Gasteiger partial charge in [0, 0.05) is 0 Å². The van der Waals surface area contributed by atoms with E-state index in [0.717, 1.165) is 6.67 Å². The average Bonchev–Trinajstić information content (AvgIpc) is 2.34. The lowest BCUT2D eigenvalue weighted by Gasteiger charge is -2.50. The topological polar surface area (TPSA) is 30.5 Å². The van der Waals surface area contributed by atoms with E-state index in [1.807, 2.05) is 14.1 Å². The smallest absolute Gasteiger partial charge is 0.240 e. The van der Waals surface area contributed by atoms with Crippen LogP contribution in [0.25, 0.3) is 0 Å². The number of quaternary nitrogens is 2. The standard InChI is InChI=1S/C11H34N6P2S2/c1-12-18(20,14(3)4)16(7,8)11-17(9,10)19(21,13-2)15(5)6/h11H2,1-10H3,(H,12,20)(H,13,21)/q+2. The van der Waals surface area contributed by atoms with Crippen LogP contribution in [0.5, 0.6) is 0 Å². The van der Waals surface area contributed by atoms with E-state index in [1.165, 1.54) is 0 Å². The molecule has 0 bridgehead atoms. The Morgan fingerprint density at radius 2 is 1.00 bits per heavy atom. The molecular weight excluding hydrogens is 342 g/mol. The van der Waals surface area contributed by atoms with Crippen LogP contribution in [0, 0.1) is 0 Å². The molecule has 0 saturated heterocycles. The molecule has 21 heavy (non-hydrogen) atoms. The second kappa shape index (κ2) is 7.31. The van der Waals surface area contributed by atoms with Gasteiger partial charge in [-0.2, -0.15) is 0 Å². The highest BCUT2D eigenvalue weighted by Gasteiger charge is 2.47. The zero-order valence-electron chi connectivity index (χ0n) is 15.2. The summed E-state index contributed by atoms with van der Waals surface area (Å²) in [5, 5.41) is 6.80. The maximum absolute atomic E-state index is 5.99. The summed E-state index contributed by atoms with van der Waals surface area (Å²) in [6.45, 7) is -2.98. The van der Waals surface area contributed by atoms with E-state index in [1.54, 1.807) is 0 Å². The van der Waals surface area contributed by atoms with Gasteiger partial charge in [0.2, 0.25) is 6.67 Å². The maximum Gasteiger partial charge on any atom is 0.259 e. The van der Waals surface area contributed by atoms with Gasteiger partial charge in [-0.15, -0.1) is 0 Å². The summed E-state index contributed by atoms with van der Waals surface area (Å²) < 4.78 is 5.74. The zero-order chi connectivity index (χ0) is 17.3. The lowest BCUT2D eigenvalue weighted by Crippen LogP contribution is -2.57. The second-order valence-corrected chi connectivity index (χ2v) is 16.5. The van der Waals surface area contributed by atoms with Crippen molar-refractivity contribution in [1.82, 2.24) is 19.5 Å². The van der Waals surface area contributed by atoms with Gasteiger partial charge in [-0.3, -0.25) is 0 Å². The molecule has 0 radical (unpaired) electrons. The number of hydrogen-bond donors (Lipinski definition) is 2. The largest absolute Gasteiger partial charge is 0.259 e. The Morgan fingerprint density at radius 1 is 0.762 bits per heavy atom. The Hall–Kier alpha value is 1.06. The number of hydrogen-bond acceptors (Lipinski definition) is 2. The predicted molar refractivity (Wildman–Crippen MR) is 103 cm³/mol. The van der Waals surface area contributed by atoms with Crippen LogP contribution in [0.4, 0.5) is 0 Å². The molecule has 0 amide bonds. The number of nitrogens with zero attached hydrogens (tertiary/aromatic N) is 4. The average molecular weight is 377 g/mol. The molecule has 2 N–H and O–H groups in total. The minimum Gasteiger partial charge on any atom is -0.240 e. The molecule has 0 aliphatic carbocycles. The van der Waals surface area contributed by atoms with Crippen molar-refractivity contribution >= 4 is 36.6 Å². The third-order valence-electron chi connectivity index (χ3n) is 3.83. The first-order valence-corrected chi connectivity index (χ1v) is 12.2. The third kappa shape index (κ3) is 4.13. The monoisotopic (exact) mass is 376 g/mol. The zero-order valence-corrected chi connectivity index (χ0v) is 18.6. The molecule has 0 aromatic carbocycles. The molecule has 128 valence electrons. The van der Waals surface area contributed by atoms with Crippen molar-refractivity contribution in [2.24, 2.45) is 0 Å². The van der Waals surface area contributed by atoms with E-state index in [0.29, 0.717) is 8.51 Å². The fourth-order valence-corrected chi connectivity index (χ4v) is 8.13. The Kier molecular flexibility index (Phi) is 7.67. The highest BCUT2D eigenvalue weighted by Crippen LogP contribution is 2.57. The second-order valence-electron chi connectivity index (χ2n) is 6.61. The van der Waals surface area contributed by atoms with Crippen molar-refractivity contribution in [2.45, 2.75) is 0 Å². The summed E-state index contributed by atoms with van der Waals surface area (Å²) in [6, 6.07) is 0. The van der Waals surface area contributed by atoms with Crippen LogP contribution in [-0.2, 0) is 23.6 Å². The Morgan fingerprint density at radius 3 is 1.14 bits per heavy atom. The Bertz CT molecular complexity index is 410. The van der Waals surface area contributed by atoms with Crippen LogP contribution in [0.15, 0.2) is 0 Å². The molecule has 0 fully saturated rings. The normalized spacial score (nSPS) is 19.6. The minimum absolute atomic E-state index is 0.715. The van der Waals surface area contributed by atoms with Crippen molar-refractivity contribution < 1.29 is 8.51 Å². The summed E-state index contributed by atoms with van der Waals surface area (Å²) in [5.41, 5.74) is 0. The number of nitrogens with one attached hydrogen (secondary N) is 2. The van der Waals surface area contributed by atoms with Crippen molar-refractivity contribution in [2.75, 3.05) is 77.1 Å². The van der Waals surface area contributed by atoms with Gasteiger partial charge in [0.25, 0.3) is 13.0 Å². The van der Waals surface area contributed by atoms with E-state index in [-0.39, 0.29) is 0 Å². The molecule has 0 aliphatic heterocycles. The fourth-order valence-electron chi connectivity index (χ4n) is 2.93. The van der Waals surface area contributed by atoms with Gasteiger partial charge in [0.15, 0.2) is 0 Å². The van der Waals surface area contributed by atoms with Crippen molar-refractivity contribution in [3.63, 3.8) is 0 Å². The molecule has 0 aliphatic rings. The quantitative estimate of drug-likeness (QED) is 0.488. The summed E-state index contributed by atoms with van der Waals surface area (Å²) in [5.74, 6) is 0. The van der Waals surface area contributed by atoms with E-state index >= 15 is 0 Å². The maximum atomic E-state index is 5.99. The molecular formula is C11H34N6P2S2+2. The molecule has 0 saturated carbocycles. The molecule has 0 aromatic heterocycles. The molecule has 0 rings (SSSR count). The van der Waals surface area contributed by atoms with Gasteiger partial charge < -0.3 is 0 Å². The van der Waals surface area contributed by atoms with Crippen molar-refractivity contribution in [3.8, 4) is 0 Å². The summed E-state index contributed by atoms with van der Waals surface area (Å²) in [6.07, 6.45) is 0. The molecule has 6 nitrogen and oxygen atoms in total. The van der Waals surface area contributed by atoms with Gasteiger partial charge in [-0.25, -0.2) is 28.0 Å². The van der Waals surface area contributed by atoms with Crippen molar-refractivity contribution in [1.29, 1.82) is 0 Å². The van der Waals surface area contributed by atoms with Crippen molar-refractivity contribution in [3.05, 3.63) is 0 Å². The first-order valence-electron chi connectivity index (χ1n) is 6.82. The van der Waals surface area contributed by atoms with E-state index in [2.05, 4.69) is 75.9 Å². The van der Waals surface area contributed by atoms with E-state index in [4.69, 9.17) is 23.6 Å². The molecule has 0 aromatic rings. The van der Waals surface area contributed by atoms with Gasteiger partial charge in [0.1, 0.15) is 0 Å². The van der Waals surface area contributed by atoms with Crippen LogP contribution in [0.1, 0.15) is 0 Å². The van der Waals surface area contributed by atoms with Gasteiger partial charge >= 0.3 is 0 Å². The summed E-state index contributed by atoms with van der Waals surface area (Å²) in [7, 11) is 20.9. The molecule has 2 atom stereocenters. The first-order chi connectivity index (χ1) is 9.22. The summed E-state index contributed by atoms with van der Waals surface area (Å²) in [4.78, 5) is 0. The van der Waals surface area contributed by atoms with E-state index in [9.17, 15) is 0 Å². The van der Waals surface area contributed by atoms with Gasteiger partial charge in [-0.05, 0) is 65.9 Å². The Labute approximate surface area is 142 Å². The Balaban J connectivity index is 5.72. The predicted octanol–water partition coefficient (Wildman–Crippen LogP) is 1.11. The lowest BCUT2D eigenvalue weighted by atomic mass is 10.8. The minimum atomic E-state index is -1.92. The van der Waals surface area contributed by atoms with Gasteiger partial charge in [0.05, 0.1) is 28.2 Å². The van der Waals surface area contributed by atoms with Crippen LogP contribution < -0.4 is 10.2 Å². The van der Waals surface area contributed by atoms with Crippen LogP contribution in [-0.4, -0.2) is 95.0 Å². The van der Waals surface area contributed by atoms with Crippen LogP contribution in [0.2, 0.25) is 0 Å². The summed E-state index contributed by atoms with van der Waals surface area (Å²) >= 11 is 12.0. The number of rotatable bonds is 8. The van der Waals surface area contributed by atoms with Crippen LogP contribution in [0.3, 0.4) is 0 Å². The molecule has 2 unspecified atom stereocenters. The SMILES string of the molecule is CNP(=S)(N(C)C)[N+](C)(C)C[N+](C)(C)P(=S)(NC)N(C)C.